The Labute approximate surface area is 90.1 Å². The number of pyridine rings is 1. The number of carbonyl (C=O) groups excluding carboxylic acids is 1. The molecule has 0 atom stereocenters. The number of likely N-dealkylation sites (tertiary alicyclic amines) is 1. The predicted molar refractivity (Wildman–Crippen MR) is 58.6 cm³/mol. The van der Waals surface area contributed by atoms with Gasteiger partial charge in [-0.25, -0.2) is 0 Å². The Balaban J connectivity index is 2.06. The average molecular weight is 204 g/mol. The van der Waals surface area contributed by atoms with Gasteiger partial charge in [-0.1, -0.05) is 12.8 Å². The summed E-state index contributed by atoms with van der Waals surface area (Å²) in [7, 11) is 0. The summed E-state index contributed by atoms with van der Waals surface area (Å²) in [6, 6.07) is 3.57. The van der Waals surface area contributed by atoms with Crippen molar-refractivity contribution in [1.29, 1.82) is 0 Å². The Hall–Kier alpha value is -1.38. The number of nitrogens with zero attached hydrogens (tertiary/aromatic N) is 2. The van der Waals surface area contributed by atoms with Crippen LogP contribution < -0.4 is 0 Å². The van der Waals surface area contributed by atoms with E-state index in [1.807, 2.05) is 4.90 Å². The molecule has 3 heteroatoms. The van der Waals surface area contributed by atoms with Crippen LogP contribution in [0.25, 0.3) is 0 Å². The molecule has 0 aliphatic carbocycles. The Bertz CT molecular complexity index is 316. The molecule has 1 aromatic rings. The van der Waals surface area contributed by atoms with Gasteiger partial charge in [-0.05, 0) is 25.0 Å². The quantitative estimate of drug-likeness (QED) is 0.701. The SMILES string of the molecule is O=C(c1ccncc1)N1CCCCCC1. The zero-order valence-electron chi connectivity index (χ0n) is 8.85. The zero-order valence-corrected chi connectivity index (χ0v) is 8.85. The van der Waals surface area contributed by atoms with Crippen molar-refractivity contribution in [1.82, 2.24) is 9.88 Å². The number of hydrogen-bond donors (Lipinski definition) is 0. The van der Waals surface area contributed by atoms with Gasteiger partial charge in [0, 0.05) is 31.0 Å². The van der Waals surface area contributed by atoms with Gasteiger partial charge in [-0.2, -0.15) is 0 Å². The number of amides is 1. The van der Waals surface area contributed by atoms with Gasteiger partial charge in [0.2, 0.25) is 0 Å². The molecule has 3 nitrogen and oxygen atoms in total. The van der Waals surface area contributed by atoms with Crippen molar-refractivity contribution in [3.63, 3.8) is 0 Å². The van der Waals surface area contributed by atoms with E-state index in [1.165, 1.54) is 12.8 Å². The van der Waals surface area contributed by atoms with E-state index >= 15 is 0 Å². The topological polar surface area (TPSA) is 33.2 Å². The largest absolute Gasteiger partial charge is 0.339 e. The molecule has 0 unspecified atom stereocenters. The molecule has 80 valence electrons. The van der Waals surface area contributed by atoms with Crippen molar-refractivity contribution < 1.29 is 4.79 Å². The molecular formula is C12H16N2O. The van der Waals surface area contributed by atoms with Crippen molar-refractivity contribution in [3.8, 4) is 0 Å². The summed E-state index contributed by atoms with van der Waals surface area (Å²) in [6.07, 6.45) is 8.12. The highest BCUT2D eigenvalue weighted by Gasteiger charge is 2.16. The molecule has 1 amide bonds. The molecule has 0 spiro atoms. The van der Waals surface area contributed by atoms with Crippen molar-refractivity contribution in [3.05, 3.63) is 30.1 Å². The van der Waals surface area contributed by atoms with Crippen LogP contribution in [0.1, 0.15) is 36.0 Å². The molecule has 1 fully saturated rings. The summed E-state index contributed by atoms with van der Waals surface area (Å²) in [4.78, 5) is 17.9. The van der Waals surface area contributed by atoms with Gasteiger partial charge in [0.25, 0.3) is 5.91 Å². The predicted octanol–water partition coefficient (Wildman–Crippen LogP) is 2.10. The van der Waals surface area contributed by atoms with Gasteiger partial charge in [-0.15, -0.1) is 0 Å². The van der Waals surface area contributed by atoms with Crippen molar-refractivity contribution in [2.45, 2.75) is 25.7 Å². The molecule has 0 radical (unpaired) electrons. The fourth-order valence-electron chi connectivity index (χ4n) is 1.95. The molecular weight excluding hydrogens is 188 g/mol. The maximum absolute atomic E-state index is 12.1. The normalized spacial score (nSPS) is 17.2. The summed E-state index contributed by atoms with van der Waals surface area (Å²) in [6.45, 7) is 1.81. The van der Waals surface area contributed by atoms with E-state index in [2.05, 4.69) is 4.98 Å². The minimum Gasteiger partial charge on any atom is -0.339 e. The van der Waals surface area contributed by atoms with E-state index < -0.39 is 0 Å². The second-order valence-corrected chi connectivity index (χ2v) is 3.94. The summed E-state index contributed by atoms with van der Waals surface area (Å²) < 4.78 is 0. The third kappa shape index (κ3) is 2.55. The van der Waals surface area contributed by atoms with E-state index in [0.29, 0.717) is 0 Å². The van der Waals surface area contributed by atoms with E-state index in [1.54, 1.807) is 24.5 Å². The fraction of sp³-hybridized carbons (Fsp3) is 0.500. The Morgan fingerprint density at radius 1 is 1.07 bits per heavy atom. The number of hydrogen-bond acceptors (Lipinski definition) is 2. The molecule has 0 bridgehead atoms. The first-order valence-corrected chi connectivity index (χ1v) is 5.57. The molecule has 0 aromatic carbocycles. The molecule has 1 aliphatic rings. The summed E-state index contributed by atoms with van der Waals surface area (Å²) in [5, 5.41) is 0. The van der Waals surface area contributed by atoms with Crippen LogP contribution in [0.4, 0.5) is 0 Å². The van der Waals surface area contributed by atoms with Gasteiger partial charge in [0.1, 0.15) is 0 Å². The highest BCUT2D eigenvalue weighted by Crippen LogP contribution is 2.12. The Morgan fingerprint density at radius 2 is 1.67 bits per heavy atom. The lowest BCUT2D eigenvalue weighted by Crippen LogP contribution is -2.31. The summed E-state index contributed by atoms with van der Waals surface area (Å²) in [5.74, 6) is 0.152. The van der Waals surface area contributed by atoms with Crippen LogP contribution in [-0.2, 0) is 0 Å². The first-order valence-electron chi connectivity index (χ1n) is 5.57. The van der Waals surface area contributed by atoms with Crippen molar-refractivity contribution in [2.75, 3.05) is 13.1 Å². The first kappa shape index (κ1) is 10.1. The number of carbonyl (C=O) groups is 1. The minimum absolute atomic E-state index is 0.152. The monoisotopic (exact) mass is 204 g/mol. The smallest absolute Gasteiger partial charge is 0.253 e. The maximum atomic E-state index is 12.1. The van der Waals surface area contributed by atoms with Gasteiger partial charge < -0.3 is 4.90 Å². The molecule has 0 saturated carbocycles. The maximum Gasteiger partial charge on any atom is 0.253 e. The molecule has 15 heavy (non-hydrogen) atoms. The van der Waals surface area contributed by atoms with Crippen molar-refractivity contribution in [2.24, 2.45) is 0 Å². The van der Waals surface area contributed by atoms with Gasteiger partial charge in [-0.3, -0.25) is 9.78 Å². The van der Waals surface area contributed by atoms with E-state index in [-0.39, 0.29) is 5.91 Å². The van der Waals surface area contributed by atoms with E-state index in [4.69, 9.17) is 0 Å². The first-order chi connectivity index (χ1) is 7.38. The second kappa shape index (κ2) is 4.91. The van der Waals surface area contributed by atoms with Crippen LogP contribution >= 0.6 is 0 Å². The van der Waals surface area contributed by atoms with E-state index in [9.17, 15) is 4.79 Å². The summed E-state index contributed by atoms with van der Waals surface area (Å²) >= 11 is 0. The van der Waals surface area contributed by atoms with Gasteiger partial charge in [0.15, 0.2) is 0 Å². The molecule has 0 N–H and O–H groups in total. The van der Waals surface area contributed by atoms with Crippen LogP contribution in [-0.4, -0.2) is 28.9 Å². The molecule has 2 rings (SSSR count). The second-order valence-electron chi connectivity index (χ2n) is 3.94. The summed E-state index contributed by atoms with van der Waals surface area (Å²) in [5.41, 5.74) is 0.756. The standard InChI is InChI=1S/C12H16N2O/c15-12(11-5-7-13-8-6-11)14-9-3-1-2-4-10-14/h5-8H,1-4,9-10H2. The third-order valence-corrected chi connectivity index (χ3v) is 2.82. The Kier molecular flexibility index (Phi) is 3.33. The minimum atomic E-state index is 0.152. The fourth-order valence-corrected chi connectivity index (χ4v) is 1.95. The lowest BCUT2D eigenvalue weighted by Gasteiger charge is -2.19. The highest BCUT2D eigenvalue weighted by molar-refractivity contribution is 5.94. The highest BCUT2D eigenvalue weighted by atomic mass is 16.2. The van der Waals surface area contributed by atoms with E-state index in [0.717, 1.165) is 31.5 Å². The van der Waals surface area contributed by atoms with Crippen LogP contribution in [0, 0.1) is 0 Å². The Morgan fingerprint density at radius 3 is 2.27 bits per heavy atom. The molecule has 2 heterocycles. The number of rotatable bonds is 1. The van der Waals surface area contributed by atoms with Crippen LogP contribution in [0.3, 0.4) is 0 Å². The van der Waals surface area contributed by atoms with Gasteiger partial charge >= 0.3 is 0 Å². The van der Waals surface area contributed by atoms with Crippen LogP contribution in [0.2, 0.25) is 0 Å². The van der Waals surface area contributed by atoms with Crippen molar-refractivity contribution >= 4 is 5.91 Å². The molecule has 1 aliphatic heterocycles. The molecule has 1 saturated heterocycles. The van der Waals surface area contributed by atoms with Gasteiger partial charge in [0.05, 0.1) is 0 Å². The average Bonchev–Trinajstić information content (AvgIpc) is 2.58. The van der Waals surface area contributed by atoms with Crippen LogP contribution in [0.15, 0.2) is 24.5 Å². The number of aromatic nitrogens is 1. The molecule has 1 aromatic heterocycles. The van der Waals surface area contributed by atoms with Crippen LogP contribution in [0.5, 0.6) is 0 Å². The lowest BCUT2D eigenvalue weighted by molar-refractivity contribution is 0.0761. The zero-order chi connectivity index (χ0) is 10.5. The third-order valence-electron chi connectivity index (χ3n) is 2.82. The lowest BCUT2D eigenvalue weighted by atomic mass is 10.2.